The summed E-state index contributed by atoms with van der Waals surface area (Å²) in [7, 11) is 1.95. The highest BCUT2D eigenvalue weighted by molar-refractivity contribution is 7.12. The van der Waals surface area contributed by atoms with Crippen LogP contribution in [0, 0.1) is 13.8 Å². The number of hydrogen-bond acceptors (Lipinski definition) is 3. The first-order valence-electron chi connectivity index (χ1n) is 9.08. The molecule has 27 heavy (non-hydrogen) atoms. The topological polar surface area (TPSA) is 38.1 Å². The van der Waals surface area contributed by atoms with Crippen LogP contribution in [0.2, 0.25) is 0 Å². The van der Waals surface area contributed by atoms with E-state index in [9.17, 15) is 4.79 Å². The summed E-state index contributed by atoms with van der Waals surface area (Å²) in [5.41, 5.74) is 5.94. The first kappa shape index (κ1) is 17.7. The highest BCUT2D eigenvalue weighted by atomic mass is 32.1. The first-order chi connectivity index (χ1) is 13.0. The van der Waals surface area contributed by atoms with Crippen molar-refractivity contribution >= 4 is 17.2 Å². The lowest BCUT2D eigenvalue weighted by atomic mass is 9.84. The number of carbonyl (C=O) groups is 1. The lowest BCUT2D eigenvalue weighted by Gasteiger charge is -2.33. The molecule has 0 unspecified atom stereocenters. The van der Waals surface area contributed by atoms with Gasteiger partial charge in [0.15, 0.2) is 0 Å². The molecule has 138 valence electrons. The van der Waals surface area contributed by atoms with Gasteiger partial charge in [-0.25, -0.2) is 0 Å². The van der Waals surface area contributed by atoms with Crippen molar-refractivity contribution < 1.29 is 4.79 Å². The normalized spacial score (nSPS) is 16.3. The van der Waals surface area contributed by atoms with Crippen LogP contribution in [-0.4, -0.2) is 27.1 Å². The molecule has 1 aliphatic heterocycles. The van der Waals surface area contributed by atoms with Crippen LogP contribution in [0.1, 0.15) is 32.5 Å². The van der Waals surface area contributed by atoms with Gasteiger partial charge in [-0.1, -0.05) is 30.8 Å². The lowest BCUT2D eigenvalue weighted by Crippen LogP contribution is -2.37. The van der Waals surface area contributed by atoms with Gasteiger partial charge < -0.3 is 4.90 Å². The number of fused-ring (bicyclic) bond motifs is 1. The molecule has 1 aliphatic rings. The number of aromatic nitrogens is 2. The third-order valence-electron chi connectivity index (χ3n) is 5.20. The molecule has 0 N–H and O–H groups in total. The number of carbonyl (C=O) groups excluding carboxylic acids is 1. The number of aryl methyl sites for hydroxylation is 3. The monoisotopic (exact) mass is 377 g/mol. The van der Waals surface area contributed by atoms with Crippen LogP contribution in [0.15, 0.2) is 49.2 Å². The van der Waals surface area contributed by atoms with E-state index in [0.29, 0.717) is 13.1 Å². The van der Waals surface area contributed by atoms with Gasteiger partial charge in [-0.3, -0.25) is 9.48 Å². The molecular weight excluding hydrogens is 354 g/mol. The summed E-state index contributed by atoms with van der Waals surface area (Å²) in [6.45, 7) is 9.19. The van der Waals surface area contributed by atoms with E-state index in [1.165, 1.54) is 32.5 Å². The molecule has 4 nitrogen and oxygen atoms in total. The van der Waals surface area contributed by atoms with Crippen LogP contribution in [0.25, 0.3) is 11.1 Å². The summed E-state index contributed by atoms with van der Waals surface area (Å²) in [6, 6.07) is 10.8. The van der Waals surface area contributed by atoms with Crippen molar-refractivity contribution in [2.24, 2.45) is 7.05 Å². The largest absolute Gasteiger partial charge is 0.333 e. The molecule has 0 spiro atoms. The van der Waals surface area contributed by atoms with Gasteiger partial charge in [0.2, 0.25) is 5.91 Å². The predicted octanol–water partition coefficient (Wildman–Crippen LogP) is 4.43. The second-order valence-electron chi connectivity index (χ2n) is 7.10. The molecule has 0 bridgehead atoms. The highest BCUT2D eigenvalue weighted by Crippen LogP contribution is 2.41. The van der Waals surface area contributed by atoms with Crippen molar-refractivity contribution in [1.82, 2.24) is 14.7 Å². The van der Waals surface area contributed by atoms with E-state index in [1.807, 2.05) is 23.6 Å². The fourth-order valence-electron chi connectivity index (χ4n) is 4.03. The van der Waals surface area contributed by atoms with Gasteiger partial charge >= 0.3 is 0 Å². The maximum Gasteiger partial charge on any atom is 0.246 e. The predicted molar refractivity (Wildman–Crippen MR) is 110 cm³/mol. The Morgan fingerprint density at radius 1 is 1.26 bits per heavy atom. The zero-order valence-corrected chi connectivity index (χ0v) is 16.7. The summed E-state index contributed by atoms with van der Waals surface area (Å²) in [5, 5.41) is 4.52. The van der Waals surface area contributed by atoms with Crippen molar-refractivity contribution in [3.05, 3.63) is 75.8 Å². The number of nitrogens with zero attached hydrogens (tertiary/aromatic N) is 3. The number of thiophene rings is 1. The Bertz CT molecular complexity index is 1030. The Morgan fingerprint density at radius 2 is 2.04 bits per heavy atom. The molecule has 0 radical (unpaired) electrons. The number of hydrogen-bond donors (Lipinski definition) is 0. The Hall–Kier alpha value is -2.66. The zero-order chi connectivity index (χ0) is 19.1. The van der Waals surface area contributed by atoms with Crippen LogP contribution in [-0.2, 0) is 18.4 Å². The maximum atomic E-state index is 12.4. The Balaban J connectivity index is 1.86. The molecule has 2 aromatic heterocycles. The van der Waals surface area contributed by atoms with Crippen LogP contribution in [0.5, 0.6) is 0 Å². The second kappa shape index (κ2) is 6.82. The van der Waals surface area contributed by atoms with Crippen molar-refractivity contribution in [3.8, 4) is 11.1 Å². The summed E-state index contributed by atoms with van der Waals surface area (Å²) >= 11 is 1.78. The van der Waals surface area contributed by atoms with Crippen LogP contribution < -0.4 is 0 Å². The average molecular weight is 378 g/mol. The molecule has 1 aromatic carbocycles. The highest BCUT2D eigenvalue weighted by Gasteiger charge is 2.31. The van der Waals surface area contributed by atoms with E-state index in [4.69, 9.17) is 0 Å². The van der Waals surface area contributed by atoms with E-state index >= 15 is 0 Å². The molecule has 1 atom stereocenters. The van der Waals surface area contributed by atoms with Gasteiger partial charge in [-0.15, -0.1) is 11.3 Å². The molecule has 3 heterocycles. The second-order valence-corrected chi connectivity index (χ2v) is 8.44. The number of benzene rings is 1. The van der Waals surface area contributed by atoms with Crippen molar-refractivity contribution in [2.75, 3.05) is 6.54 Å². The Labute approximate surface area is 163 Å². The van der Waals surface area contributed by atoms with E-state index < -0.39 is 0 Å². The van der Waals surface area contributed by atoms with E-state index in [-0.39, 0.29) is 11.8 Å². The molecule has 0 saturated carbocycles. The summed E-state index contributed by atoms with van der Waals surface area (Å²) in [4.78, 5) is 16.8. The Morgan fingerprint density at radius 3 is 2.74 bits per heavy atom. The third kappa shape index (κ3) is 3.12. The first-order valence-corrected chi connectivity index (χ1v) is 9.89. The van der Waals surface area contributed by atoms with Crippen molar-refractivity contribution in [3.63, 3.8) is 0 Å². The molecule has 0 aliphatic carbocycles. The average Bonchev–Trinajstić information content (AvgIpc) is 3.20. The molecule has 4 rings (SSSR count). The number of rotatable bonds is 3. The maximum absolute atomic E-state index is 12.4. The van der Waals surface area contributed by atoms with Gasteiger partial charge in [-0.2, -0.15) is 5.10 Å². The van der Waals surface area contributed by atoms with E-state index in [2.05, 4.69) is 55.1 Å². The van der Waals surface area contributed by atoms with Gasteiger partial charge in [-0.05, 0) is 42.7 Å². The smallest absolute Gasteiger partial charge is 0.246 e. The van der Waals surface area contributed by atoms with Crippen molar-refractivity contribution in [1.29, 1.82) is 0 Å². The molecule has 5 heteroatoms. The van der Waals surface area contributed by atoms with Gasteiger partial charge in [0.05, 0.1) is 12.2 Å². The summed E-state index contributed by atoms with van der Waals surface area (Å²) < 4.78 is 1.86. The third-order valence-corrected chi connectivity index (χ3v) is 6.25. The fourth-order valence-corrected chi connectivity index (χ4v) is 5.14. The van der Waals surface area contributed by atoms with Gasteiger partial charge in [0.1, 0.15) is 0 Å². The minimum atomic E-state index is -0.00765. The molecule has 3 aromatic rings. The molecule has 0 fully saturated rings. The minimum Gasteiger partial charge on any atom is -0.333 e. The van der Waals surface area contributed by atoms with Gasteiger partial charge in [0, 0.05) is 41.0 Å². The standard InChI is InChI=1S/C22H23N3OS/c1-5-22(26)25-12-20(18-10-14(2)27-21(18)13-25)17-9-7-6-8-16(17)19-11-24(4)23-15(19)3/h5-11,20H,1,12-13H2,2-4H3/t20-/m1/s1. The number of amides is 1. The molecular formula is C22H23N3OS. The lowest BCUT2D eigenvalue weighted by molar-refractivity contribution is -0.127. The Kier molecular flexibility index (Phi) is 4.48. The van der Waals surface area contributed by atoms with Crippen LogP contribution in [0.4, 0.5) is 0 Å². The summed E-state index contributed by atoms with van der Waals surface area (Å²) in [5.74, 6) is 0.144. The van der Waals surface area contributed by atoms with E-state index in [1.54, 1.807) is 11.3 Å². The molecule has 0 saturated heterocycles. The zero-order valence-electron chi connectivity index (χ0n) is 15.9. The fraction of sp³-hybridized carbons (Fsp3) is 0.273. The SMILES string of the molecule is C=CC(=O)N1Cc2sc(C)cc2[C@@H](c2ccccc2-c2cn(C)nc2C)C1. The van der Waals surface area contributed by atoms with Crippen LogP contribution >= 0.6 is 11.3 Å². The van der Waals surface area contributed by atoms with E-state index in [0.717, 1.165) is 11.3 Å². The van der Waals surface area contributed by atoms with Gasteiger partial charge in [0.25, 0.3) is 0 Å². The summed E-state index contributed by atoms with van der Waals surface area (Å²) in [6.07, 6.45) is 3.49. The molecule has 1 amide bonds. The van der Waals surface area contributed by atoms with Crippen molar-refractivity contribution in [2.45, 2.75) is 26.3 Å². The quantitative estimate of drug-likeness (QED) is 0.634. The minimum absolute atomic E-state index is 0.00765. The van der Waals surface area contributed by atoms with Crippen LogP contribution in [0.3, 0.4) is 0 Å².